The highest BCUT2D eigenvalue weighted by Crippen LogP contribution is 2.23. The van der Waals surface area contributed by atoms with Crippen molar-refractivity contribution in [3.63, 3.8) is 0 Å². The van der Waals surface area contributed by atoms with Gasteiger partial charge in [-0.2, -0.15) is 4.31 Å². The molecule has 21 heavy (non-hydrogen) atoms. The zero-order valence-electron chi connectivity index (χ0n) is 11.9. The van der Waals surface area contributed by atoms with Crippen LogP contribution in [0.15, 0.2) is 29.2 Å². The number of rotatable bonds is 4. The van der Waals surface area contributed by atoms with Gasteiger partial charge in [0.05, 0.1) is 4.90 Å². The molecule has 7 heteroatoms. The fourth-order valence-corrected chi connectivity index (χ4v) is 3.85. The number of hydrogen-bond acceptors (Lipinski definition) is 3. The van der Waals surface area contributed by atoms with Gasteiger partial charge in [-0.25, -0.2) is 8.42 Å². The molecule has 1 aromatic rings. The summed E-state index contributed by atoms with van der Waals surface area (Å²) in [5, 5.41) is 1.93. The number of benzene rings is 1. The molecule has 1 amide bonds. The second-order valence-corrected chi connectivity index (χ2v) is 7.69. The average Bonchev–Trinajstić information content (AvgIpc) is 2.48. The van der Waals surface area contributed by atoms with Crippen molar-refractivity contribution in [2.75, 3.05) is 18.4 Å². The smallest absolute Gasteiger partial charge is 0.243 e. The Hall–Kier alpha value is -1.11. The van der Waals surface area contributed by atoms with Crippen LogP contribution in [0.5, 0.6) is 0 Å². The number of carbonyl (C=O) groups is 1. The highest BCUT2D eigenvalue weighted by Gasteiger charge is 2.26. The lowest BCUT2D eigenvalue weighted by atomic mass is 10.2. The third-order valence-electron chi connectivity index (χ3n) is 3.42. The maximum atomic E-state index is 12.5. The maximum Gasteiger partial charge on any atom is 0.243 e. The number of piperidine rings is 1. The highest BCUT2D eigenvalue weighted by atomic mass is 35.5. The van der Waals surface area contributed by atoms with E-state index in [1.165, 1.54) is 10.4 Å². The van der Waals surface area contributed by atoms with Gasteiger partial charge in [0.15, 0.2) is 0 Å². The molecule has 1 aliphatic heterocycles. The number of sulfonamides is 1. The van der Waals surface area contributed by atoms with E-state index < -0.39 is 15.4 Å². The molecule has 0 spiro atoms. The fraction of sp³-hybridized carbons (Fsp3) is 0.500. The Morgan fingerprint density at radius 1 is 1.29 bits per heavy atom. The van der Waals surface area contributed by atoms with Crippen LogP contribution < -0.4 is 5.32 Å². The van der Waals surface area contributed by atoms with Crippen LogP contribution in [-0.4, -0.2) is 37.1 Å². The van der Waals surface area contributed by atoms with E-state index in [0.29, 0.717) is 18.8 Å². The molecule has 0 aromatic heterocycles. The molecule has 1 atom stereocenters. The van der Waals surface area contributed by atoms with Crippen molar-refractivity contribution < 1.29 is 13.2 Å². The minimum atomic E-state index is -3.49. The Morgan fingerprint density at radius 2 is 1.95 bits per heavy atom. The Morgan fingerprint density at radius 3 is 2.57 bits per heavy atom. The molecule has 0 saturated carbocycles. The van der Waals surface area contributed by atoms with Gasteiger partial charge in [-0.3, -0.25) is 4.79 Å². The second-order valence-electron chi connectivity index (χ2n) is 5.10. The lowest BCUT2D eigenvalue weighted by Gasteiger charge is -2.26. The number of nitrogens with zero attached hydrogens (tertiary/aromatic N) is 1. The number of hydrogen-bond donors (Lipinski definition) is 1. The lowest BCUT2D eigenvalue weighted by Crippen LogP contribution is -2.35. The van der Waals surface area contributed by atoms with Crippen LogP contribution in [0.3, 0.4) is 0 Å². The van der Waals surface area contributed by atoms with E-state index in [0.717, 1.165) is 19.3 Å². The summed E-state index contributed by atoms with van der Waals surface area (Å²) in [4.78, 5) is 11.8. The van der Waals surface area contributed by atoms with Crippen LogP contribution in [0.2, 0.25) is 0 Å². The molecule has 1 aromatic carbocycles. The Balaban J connectivity index is 2.21. The largest absolute Gasteiger partial charge is 0.325 e. The van der Waals surface area contributed by atoms with Crippen molar-refractivity contribution in [3.8, 4) is 0 Å². The number of alkyl halides is 1. The zero-order chi connectivity index (χ0) is 15.5. The average molecular weight is 331 g/mol. The van der Waals surface area contributed by atoms with Gasteiger partial charge in [0, 0.05) is 18.8 Å². The summed E-state index contributed by atoms with van der Waals surface area (Å²) in [6.45, 7) is 2.67. The molecule has 1 N–H and O–H groups in total. The molecule has 2 rings (SSSR count). The first-order valence-corrected chi connectivity index (χ1v) is 8.84. The number of amides is 1. The molecule has 0 radical (unpaired) electrons. The second kappa shape index (κ2) is 6.77. The minimum absolute atomic E-state index is 0.199. The van der Waals surface area contributed by atoms with E-state index in [-0.39, 0.29) is 10.8 Å². The molecule has 5 nitrogen and oxygen atoms in total. The molecule has 116 valence electrons. The summed E-state index contributed by atoms with van der Waals surface area (Å²) in [5.74, 6) is -0.357. The van der Waals surface area contributed by atoms with E-state index in [2.05, 4.69) is 5.32 Å². The predicted molar refractivity (Wildman–Crippen MR) is 83.0 cm³/mol. The summed E-state index contributed by atoms with van der Waals surface area (Å²) >= 11 is 5.69. The quantitative estimate of drug-likeness (QED) is 0.862. The van der Waals surface area contributed by atoms with Crippen LogP contribution in [0.1, 0.15) is 26.2 Å². The van der Waals surface area contributed by atoms with Gasteiger partial charge < -0.3 is 5.32 Å². The third kappa shape index (κ3) is 3.96. The molecule has 1 heterocycles. The monoisotopic (exact) mass is 330 g/mol. The van der Waals surface area contributed by atoms with Crippen LogP contribution in [0.4, 0.5) is 5.69 Å². The number of nitrogens with one attached hydrogen (secondary N) is 1. The summed E-state index contributed by atoms with van der Waals surface area (Å²) in [6, 6.07) is 6.28. The first-order chi connectivity index (χ1) is 9.91. The summed E-state index contributed by atoms with van der Waals surface area (Å²) in [6.07, 6.45) is 2.84. The molecule has 1 saturated heterocycles. The van der Waals surface area contributed by atoms with E-state index >= 15 is 0 Å². The standard InChI is InChI=1S/C14H19ClN2O3S/c1-11(15)14(18)16-12-6-5-7-13(10-12)21(19,20)17-8-3-2-4-9-17/h5-7,10-11H,2-4,8-9H2,1H3,(H,16,18)/t11-/m0/s1. The summed E-state index contributed by atoms with van der Waals surface area (Å²) in [5.41, 5.74) is 0.436. The third-order valence-corrected chi connectivity index (χ3v) is 5.51. The number of anilines is 1. The fourth-order valence-electron chi connectivity index (χ4n) is 2.23. The van der Waals surface area contributed by atoms with Gasteiger partial charge in [0.25, 0.3) is 0 Å². The van der Waals surface area contributed by atoms with E-state index in [1.54, 1.807) is 25.1 Å². The topological polar surface area (TPSA) is 66.5 Å². The van der Waals surface area contributed by atoms with Gasteiger partial charge in [-0.05, 0) is 38.0 Å². The van der Waals surface area contributed by atoms with Gasteiger partial charge in [0.2, 0.25) is 15.9 Å². The summed E-state index contributed by atoms with van der Waals surface area (Å²) in [7, 11) is -3.49. The molecule has 1 aliphatic rings. The van der Waals surface area contributed by atoms with Crippen LogP contribution in [0, 0.1) is 0 Å². The van der Waals surface area contributed by atoms with Gasteiger partial charge in [-0.15, -0.1) is 11.6 Å². The van der Waals surface area contributed by atoms with Crippen molar-refractivity contribution in [1.82, 2.24) is 4.31 Å². The molecule has 0 unspecified atom stereocenters. The van der Waals surface area contributed by atoms with E-state index in [9.17, 15) is 13.2 Å². The predicted octanol–water partition coefficient (Wildman–Crippen LogP) is 2.43. The molecule has 0 aliphatic carbocycles. The molecular formula is C14H19ClN2O3S. The maximum absolute atomic E-state index is 12.5. The summed E-state index contributed by atoms with van der Waals surface area (Å²) < 4.78 is 26.6. The van der Waals surface area contributed by atoms with Gasteiger partial charge >= 0.3 is 0 Å². The van der Waals surface area contributed by atoms with Gasteiger partial charge in [-0.1, -0.05) is 12.5 Å². The molecular weight excluding hydrogens is 312 g/mol. The van der Waals surface area contributed by atoms with Crippen molar-refractivity contribution >= 4 is 33.2 Å². The van der Waals surface area contributed by atoms with Gasteiger partial charge in [0.1, 0.15) is 5.38 Å². The first-order valence-electron chi connectivity index (χ1n) is 6.96. The normalized spacial score (nSPS) is 18.2. The zero-order valence-corrected chi connectivity index (χ0v) is 13.5. The molecule has 0 bridgehead atoms. The minimum Gasteiger partial charge on any atom is -0.325 e. The van der Waals surface area contributed by atoms with Crippen LogP contribution >= 0.6 is 11.6 Å². The Bertz CT molecular complexity index is 610. The van der Waals surface area contributed by atoms with Crippen molar-refractivity contribution in [2.24, 2.45) is 0 Å². The molecule has 1 fully saturated rings. The first kappa shape index (κ1) is 16.3. The number of carbonyl (C=O) groups excluding carboxylic acids is 1. The van der Waals surface area contributed by atoms with Crippen molar-refractivity contribution in [2.45, 2.75) is 36.5 Å². The van der Waals surface area contributed by atoms with E-state index in [4.69, 9.17) is 11.6 Å². The number of halogens is 1. The lowest BCUT2D eigenvalue weighted by molar-refractivity contribution is -0.115. The van der Waals surface area contributed by atoms with Crippen LogP contribution in [0.25, 0.3) is 0 Å². The van der Waals surface area contributed by atoms with Crippen LogP contribution in [-0.2, 0) is 14.8 Å². The van der Waals surface area contributed by atoms with Crippen molar-refractivity contribution in [1.29, 1.82) is 0 Å². The van der Waals surface area contributed by atoms with E-state index in [1.807, 2.05) is 0 Å². The Kier molecular flexibility index (Phi) is 5.24. The SMILES string of the molecule is C[C@H](Cl)C(=O)Nc1cccc(S(=O)(=O)N2CCCCC2)c1. The highest BCUT2D eigenvalue weighted by molar-refractivity contribution is 7.89. The van der Waals surface area contributed by atoms with Crippen molar-refractivity contribution in [3.05, 3.63) is 24.3 Å². The Labute approximate surface area is 130 Å².